The Morgan fingerprint density at radius 1 is 1.20 bits per heavy atom. The Morgan fingerprint density at radius 3 is 2.90 bits per heavy atom. The summed E-state index contributed by atoms with van der Waals surface area (Å²) in [6.07, 6.45) is 10.2. The predicted octanol–water partition coefficient (Wildman–Crippen LogP) is 4.22. The van der Waals surface area contributed by atoms with Crippen LogP contribution in [0.25, 0.3) is 0 Å². The van der Waals surface area contributed by atoms with E-state index in [1.54, 1.807) is 10.4 Å². The van der Waals surface area contributed by atoms with Gasteiger partial charge in [-0.05, 0) is 56.4 Å². The largest absolute Gasteiger partial charge is 0.354 e. The molecule has 1 spiro atoms. The van der Waals surface area contributed by atoms with Crippen molar-refractivity contribution in [1.82, 2.24) is 5.32 Å². The lowest BCUT2D eigenvalue weighted by atomic mass is 9.81. The number of thiocarbonyl (C=S) groups is 1. The Labute approximate surface area is 130 Å². The van der Waals surface area contributed by atoms with Crippen LogP contribution in [0.5, 0.6) is 0 Å². The molecule has 0 bridgehead atoms. The highest BCUT2D eigenvalue weighted by Gasteiger charge is 2.41. The van der Waals surface area contributed by atoms with Crippen molar-refractivity contribution in [3.63, 3.8) is 0 Å². The third-order valence-electron chi connectivity index (χ3n) is 5.10. The van der Waals surface area contributed by atoms with E-state index in [1.165, 1.54) is 61.9 Å². The third kappa shape index (κ3) is 2.00. The maximum absolute atomic E-state index is 5.75. The van der Waals surface area contributed by atoms with Crippen molar-refractivity contribution in [3.05, 3.63) is 16.0 Å². The second-order valence-electron chi connectivity index (χ2n) is 6.78. The molecule has 108 valence electrons. The van der Waals surface area contributed by atoms with Gasteiger partial charge in [-0.1, -0.05) is 25.6 Å². The average Bonchev–Trinajstić information content (AvgIpc) is 2.76. The van der Waals surface area contributed by atoms with E-state index in [-0.39, 0.29) is 5.66 Å². The fourth-order valence-electron chi connectivity index (χ4n) is 4.20. The number of rotatable bonds is 0. The van der Waals surface area contributed by atoms with E-state index in [1.807, 2.05) is 11.3 Å². The molecule has 0 amide bonds. The maximum Gasteiger partial charge on any atom is 0.111 e. The van der Waals surface area contributed by atoms with Gasteiger partial charge >= 0.3 is 0 Å². The topological polar surface area (TPSA) is 24.1 Å². The highest BCUT2D eigenvalue weighted by atomic mass is 32.1. The number of nitrogens with one attached hydrogen (secondary N) is 2. The van der Waals surface area contributed by atoms with Crippen LogP contribution in [0, 0.1) is 5.92 Å². The van der Waals surface area contributed by atoms with Crippen LogP contribution < -0.4 is 10.6 Å². The van der Waals surface area contributed by atoms with E-state index in [4.69, 9.17) is 12.2 Å². The van der Waals surface area contributed by atoms with Crippen LogP contribution in [-0.4, -0.2) is 10.7 Å². The monoisotopic (exact) mass is 306 g/mol. The number of hydrogen-bond acceptors (Lipinski definition) is 3. The second kappa shape index (κ2) is 4.70. The van der Waals surface area contributed by atoms with E-state index in [0.717, 1.165) is 10.9 Å². The van der Waals surface area contributed by atoms with E-state index >= 15 is 0 Å². The number of fused-ring (bicyclic) bond motifs is 3. The minimum absolute atomic E-state index is 0.0369. The van der Waals surface area contributed by atoms with Crippen molar-refractivity contribution < 1.29 is 0 Å². The summed E-state index contributed by atoms with van der Waals surface area (Å²) in [7, 11) is 0. The molecule has 2 nitrogen and oxygen atoms in total. The van der Waals surface area contributed by atoms with Gasteiger partial charge in [-0.2, -0.15) is 0 Å². The number of hydrogen-bond donors (Lipinski definition) is 2. The molecule has 0 unspecified atom stereocenters. The van der Waals surface area contributed by atoms with Gasteiger partial charge in [0, 0.05) is 10.4 Å². The summed E-state index contributed by atoms with van der Waals surface area (Å²) in [5, 5.41) is 8.89. The zero-order chi connectivity index (χ0) is 13.7. The molecule has 1 aromatic heterocycles. The molecule has 20 heavy (non-hydrogen) atoms. The Balaban J connectivity index is 1.72. The van der Waals surface area contributed by atoms with Crippen LogP contribution in [0.3, 0.4) is 0 Å². The van der Waals surface area contributed by atoms with Crippen LogP contribution in [0.4, 0.5) is 5.00 Å². The van der Waals surface area contributed by atoms with Crippen LogP contribution in [0.1, 0.15) is 61.5 Å². The molecular formula is C16H22N2S2. The standard InChI is InChI=1S/C16H22N2S2/c1-10-5-4-8-16(9-10)17-14(19)13-11-6-2-3-7-12(11)20-15(13)18-16/h10,18H,2-9H2,1H3,(H,17,19)/t10-,16+/m0/s1. The summed E-state index contributed by atoms with van der Waals surface area (Å²) in [5.74, 6) is 0.780. The molecular weight excluding hydrogens is 284 g/mol. The predicted molar refractivity (Wildman–Crippen MR) is 89.8 cm³/mol. The van der Waals surface area contributed by atoms with Crippen LogP contribution in [0.15, 0.2) is 0 Å². The number of aryl methyl sites for hydroxylation is 1. The van der Waals surface area contributed by atoms with Crippen molar-refractivity contribution in [1.29, 1.82) is 0 Å². The van der Waals surface area contributed by atoms with Crippen molar-refractivity contribution in [2.45, 2.75) is 64.0 Å². The molecule has 0 radical (unpaired) electrons. The molecule has 1 aromatic rings. The van der Waals surface area contributed by atoms with E-state index in [0.29, 0.717) is 0 Å². The van der Waals surface area contributed by atoms with Crippen LogP contribution in [-0.2, 0) is 12.8 Å². The lowest BCUT2D eigenvalue weighted by Crippen LogP contribution is -2.59. The lowest BCUT2D eigenvalue weighted by molar-refractivity contribution is 0.241. The first-order valence-corrected chi connectivity index (χ1v) is 9.15. The van der Waals surface area contributed by atoms with Gasteiger partial charge in [-0.25, -0.2) is 0 Å². The fourth-order valence-corrected chi connectivity index (χ4v) is 6.08. The number of anilines is 1. The lowest BCUT2D eigenvalue weighted by Gasteiger charge is -2.45. The molecule has 2 atom stereocenters. The van der Waals surface area contributed by atoms with E-state index in [9.17, 15) is 0 Å². The van der Waals surface area contributed by atoms with Gasteiger partial charge in [0.15, 0.2) is 0 Å². The molecule has 1 aliphatic heterocycles. The molecule has 2 heterocycles. The smallest absolute Gasteiger partial charge is 0.111 e. The molecule has 4 rings (SSSR count). The van der Waals surface area contributed by atoms with Gasteiger partial charge in [0.1, 0.15) is 15.7 Å². The Bertz CT molecular complexity index is 563. The zero-order valence-electron chi connectivity index (χ0n) is 12.1. The van der Waals surface area contributed by atoms with Crippen molar-refractivity contribution in [2.75, 3.05) is 5.32 Å². The first-order valence-electron chi connectivity index (χ1n) is 7.92. The molecule has 0 saturated heterocycles. The molecule has 2 N–H and O–H groups in total. The Kier molecular flexibility index (Phi) is 3.08. The second-order valence-corrected chi connectivity index (χ2v) is 8.29. The van der Waals surface area contributed by atoms with Gasteiger partial charge < -0.3 is 10.6 Å². The summed E-state index contributed by atoms with van der Waals surface area (Å²) >= 11 is 7.72. The van der Waals surface area contributed by atoms with Crippen LogP contribution in [0.2, 0.25) is 0 Å². The first-order chi connectivity index (χ1) is 9.67. The van der Waals surface area contributed by atoms with Gasteiger partial charge in [0.25, 0.3) is 0 Å². The zero-order valence-corrected chi connectivity index (χ0v) is 13.7. The molecule has 1 fully saturated rings. The summed E-state index contributed by atoms with van der Waals surface area (Å²) < 4.78 is 0. The maximum atomic E-state index is 5.75. The summed E-state index contributed by atoms with van der Waals surface area (Å²) in [6.45, 7) is 2.36. The minimum Gasteiger partial charge on any atom is -0.354 e. The molecule has 1 saturated carbocycles. The quantitative estimate of drug-likeness (QED) is 0.702. The highest BCUT2D eigenvalue weighted by molar-refractivity contribution is 7.80. The average molecular weight is 307 g/mol. The molecule has 2 aliphatic carbocycles. The Morgan fingerprint density at radius 2 is 2.05 bits per heavy atom. The first kappa shape index (κ1) is 13.1. The summed E-state index contributed by atoms with van der Waals surface area (Å²) in [4.78, 5) is 2.59. The third-order valence-corrected chi connectivity index (χ3v) is 6.61. The SMILES string of the molecule is C[C@H]1CCC[C@@]2(C1)NC(=S)c1c(sc3c1CCCC3)N2. The van der Waals surface area contributed by atoms with Gasteiger partial charge in [0.2, 0.25) is 0 Å². The van der Waals surface area contributed by atoms with Crippen molar-refractivity contribution in [2.24, 2.45) is 5.92 Å². The normalized spacial score (nSPS) is 32.2. The molecule has 4 heteroatoms. The number of thiophene rings is 1. The molecule has 3 aliphatic rings. The van der Waals surface area contributed by atoms with Gasteiger partial charge in [-0.15, -0.1) is 11.3 Å². The van der Waals surface area contributed by atoms with Gasteiger partial charge in [0.05, 0.1) is 0 Å². The van der Waals surface area contributed by atoms with E-state index < -0.39 is 0 Å². The highest BCUT2D eigenvalue weighted by Crippen LogP contribution is 2.44. The fraction of sp³-hybridized carbons (Fsp3) is 0.688. The Hall–Kier alpha value is -0.610. The summed E-state index contributed by atoms with van der Waals surface area (Å²) in [5.41, 5.74) is 2.92. The molecule has 0 aromatic carbocycles. The van der Waals surface area contributed by atoms with Crippen molar-refractivity contribution in [3.8, 4) is 0 Å². The minimum atomic E-state index is 0.0369. The summed E-state index contributed by atoms with van der Waals surface area (Å²) in [6, 6.07) is 0. The van der Waals surface area contributed by atoms with E-state index in [2.05, 4.69) is 17.6 Å². The van der Waals surface area contributed by atoms with Gasteiger partial charge in [-0.3, -0.25) is 0 Å². The van der Waals surface area contributed by atoms with Crippen molar-refractivity contribution >= 4 is 33.5 Å². The van der Waals surface area contributed by atoms with Crippen LogP contribution >= 0.6 is 23.6 Å².